The van der Waals surface area contributed by atoms with E-state index in [2.05, 4.69) is 10.2 Å². The van der Waals surface area contributed by atoms with Crippen molar-refractivity contribution in [3.63, 3.8) is 0 Å². The normalized spacial score (nSPS) is 14.5. The van der Waals surface area contributed by atoms with E-state index in [9.17, 15) is 9.90 Å². The number of nitrogens with zero attached hydrogens (tertiary/aromatic N) is 1. The number of thiocarbonyl (C=S) groups is 1. The van der Waals surface area contributed by atoms with Crippen LogP contribution in [0.4, 0.5) is 5.69 Å². The molecular formula is C27H28N2O3S. The first-order valence-corrected chi connectivity index (χ1v) is 11.5. The minimum absolute atomic E-state index is 0.0451. The lowest BCUT2D eigenvalue weighted by atomic mass is 9.72. The molecule has 3 aromatic carbocycles. The van der Waals surface area contributed by atoms with E-state index in [4.69, 9.17) is 17.0 Å². The van der Waals surface area contributed by atoms with Crippen molar-refractivity contribution < 1.29 is 14.6 Å². The lowest BCUT2D eigenvalue weighted by molar-refractivity contribution is -0.00631. The molecule has 0 amide bonds. The zero-order valence-corrected chi connectivity index (χ0v) is 19.4. The summed E-state index contributed by atoms with van der Waals surface area (Å²) in [7, 11) is 1.36. The number of methoxy groups -OCH3 is 1. The summed E-state index contributed by atoms with van der Waals surface area (Å²) in [6.45, 7) is 1.41. The van der Waals surface area contributed by atoms with Gasteiger partial charge in [0.25, 0.3) is 0 Å². The summed E-state index contributed by atoms with van der Waals surface area (Å²) in [6.07, 6.45) is 1.56. The van der Waals surface area contributed by atoms with Crippen LogP contribution in [0.2, 0.25) is 0 Å². The Morgan fingerprint density at radius 1 is 0.939 bits per heavy atom. The molecule has 0 atom stereocenters. The zero-order valence-electron chi connectivity index (χ0n) is 18.6. The molecule has 0 bridgehead atoms. The topological polar surface area (TPSA) is 61.8 Å². The summed E-state index contributed by atoms with van der Waals surface area (Å²) in [6, 6.07) is 27.0. The van der Waals surface area contributed by atoms with E-state index in [1.165, 1.54) is 7.11 Å². The van der Waals surface area contributed by atoms with E-state index in [0.717, 1.165) is 24.0 Å². The van der Waals surface area contributed by atoms with Crippen molar-refractivity contribution in [2.75, 3.05) is 25.5 Å². The number of carbonyl (C=O) groups is 1. The van der Waals surface area contributed by atoms with Gasteiger partial charge in [0.15, 0.2) is 5.11 Å². The number of nitrogens with one attached hydrogen (secondary N) is 1. The molecular weight excluding hydrogens is 432 g/mol. The van der Waals surface area contributed by atoms with Crippen LogP contribution in [0.1, 0.15) is 34.3 Å². The first kappa shape index (κ1) is 23.0. The van der Waals surface area contributed by atoms with Crippen LogP contribution in [0, 0.1) is 5.92 Å². The predicted octanol–water partition coefficient (Wildman–Crippen LogP) is 4.82. The Balaban J connectivity index is 1.50. The van der Waals surface area contributed by atoms with Crippen molar-refractivity contribution >= 4 is 29.0 Å². The van der Waals surface area contributed by atoms with Gasteiger partial charge in [-0.3, -0.25) is 0 Å². The molecule has 2 N–H and O–H groups in total. The van der Waals surface area contributed by atoms with E-state index in [0.29, 0.717) is 29.5 Å². The number of esters is 1. The summed E-state index contributed by atoms with van der Waals surface area (Å²) in [4.78, 5) is 14.2. The average molecular weight is 461 g/mol. The number of hydrogen-bond acceptors (Lipinski definition) is 4. The van der Waals surface area contributed by atoms with Crippen LogP contribution in [0.15, 0.2) is 84.9 Å². The number of anilines is 1. The molecule has 1 aliphatic heterocycles. The first-order chi connectivity index (χ1) is 16.0. The maximum atomic E-state index is 12.1. The number of rotatable bonds is 5. The lowest BCUT2D eigenvalue weighted by Crippen LogP contribution is -2.47. The number of piperidine rings is 1. The van der Waals surface area contributed by atoms with Gasteiger partial charge in [0.1, 0.15) is 5.60 Å². The lowest BCUT2D eigenvalue weighted by Gasteiger charge is -2.43. The van der Waals surface area contributed by atoms with E-state index in [1.54, 1.807) is 12.1 Å². The van der Waals surface area contributed by atoms with Crippen LogP contribution in [0.3, 0.4) is 0 Å². The van der Waals surface area contributed by atoms with Crippen LogP contribution in [-0.2, 0) is 10.3 Å². The van der Waals surface area contributed by atoms with Gasteiger partial charge in [0.2, 0.25) is 0 Å². The fourth-order valence-corrected chi connectivity index (χ4v) is 4.89. The van der Waals surface area contributed by atoms with E-state index < -0.39 is 11.6 Å². The molecule has 0 aromatic heterocycles. The second-order valence-electron chi connectivity index (χ2n) is 8.23. The van der Waals surface area contributed by atoms with Gasteiger partial charge in [0.05, 0.1) is 18.4 Å². The average Bonchev–Trinajstić information content (AvgIpc) is 2.89. The molecule has 33 heavy (non-hydrogen) atoms. The molecule has 170 valence electrons. The Morgan fingerprint density at radius 2 is 1.45 bits per heavy atom. The molecule has 0 saturated carbocycles. The third-order valence-electron chi connectivity index (χ3n) is 6.37. The molecule has 3 aromatic rings. The second kappa shape index (κ2) is 10.1. The van der Waals surface area contributed by atoms with Crippen molar-refractivity contribution in [3.8, 4) is 0 Å². The number of benzene rings is 3. The Kier molecular flexibility index (Phi) is 7.06. The van der Waals surface area contributed by atoms with Gasteiger partial charge < -0.3 is 20.1 Å². The highest BCUT2D eigenvalue weighted by atomic mass is 32.1. The highest BCUT2D eigenvalue weighted by molar-refractivity contribution is 7.80. The van der Waals surface area contributed by atoms with Crippen molar-refractivity contribution in [2.24, 2.45) is 5.92 Å². The fourth-order valence-electron chi connectivity index (χ4n) is 4.60. The molecule has 1 heterocycles. The molecule has 1 saturated heterocycles. The van der Waals surface area contributed by atoms with Crippen molar-refractivity contribution in [3.05, 3.63) is 102 Å². The minimum atomic E-state index is -1.07. The zero-order chi connectivity index (χ0) is 23.3. The molecule has 5 nitrogen and oxygen atoms in total. The summed E-state index contributed by atoms with van der Waals surface area (Å²) in [5.41, 5.74) is 1.81. The van der Waals surface area contributed by atoms with Gasteiger partial charge in [0, 0.05) is 13.1 Å². The van der Waals surface area contributed by atoms with Gasteiger partial charge in [-0.2, -0.15) is 0 Å². The van der Waals surface area contributed by atoms with Gasteiger partial charge in [-0.1, -0.05) is 72.8 Å². The van der Waals surface area contributed by atoms with Gasteiger partial charge >= 0.3 is 5.97 Å². The molecule has 1 aliphatic rings. The second-order valence-corrected chi connectivity index (χ2v) is 8.61. The molecule has 0 spiro atoms. The number of aliphatic hydroxyl groups is 1. The standard InChI is InChI=1S/C27H28N2O3S/c1-32-25(30)23-14-8-9-15-24(23)28-26(33)29-18-16-22(17-19-29)27(31,20-10-4-2-5-11-20)21-12-6-3-7-13-21/h2-15,22,31H,16-19H2,1H3,(H,28,33). The number of likely N-dealkylation sites (tertiary alicyclic amines) is 1. The SMILES string of the molecule is COC(=O)c1ccccc1NC(=S)N1CCC(C(O)(c2ccccc2)c2ccccc2)CC1. The Morgan fingerprint density at radius 3 is 2.00 bits per heavy atom. The summed E-state index contributed by atoms with van der Waals surface area (Å²) in [5.74, 6) is -0.362. The third-order valence-corrected chi connectivity index (χ3v) is 6.74. The predicted molar refractivity (Wildman–Crippen MR) is 134 cm³/mol. The van der Waals surface area contributed by atoms with E-state index in [1.807, 2.05) is 72.8 Å². The van der Waals surface area contributed by atoms with Gasteiger partial charge in [-0.15, -0.1) is 0 Å². The van der Waals surface area contributed by atoms with Crippen LogP contribution in [0.5, 0.6) is 0 Å². The highest BCUT2D eigenvalue weighted by Crippen LogP contribution is 2.42. The number of para-hydroxylation sites is 1. The van der Waals surface area contributed by atoms with Crippen molar-refractivity contribution in [1.29, 1.82) is 0 Å². The maximum Gasteiger partial charge on any atom is 0.339 e. The summed E-state index contributed by atoms with van der Waals surface area (Å²) in [5, 5.41) is 15.8. The quantitative estimate of drug-likeness (QED) is 0.421. The molecule has 0 unspecified atom stereocenters. The number of carbonyl (C=O) groups excluding carboxylic acids is 1. The monoisotopic (exact) mass is 460 g/mol. The van der Waals surface area contributed by atoms with Gasteiger partial charge in [-0.25, -0.2) is 4.79 Å². The summed E-state index contributed by atoms with van der Waals surface area (Å²) >= 11 is 5.66. The van der Waals surface area contributed by atoms with E-state index in [-0.39, 0.29) is 5.92 Å². The smallest absolute Gasteiger partial charge is 0.339 e. The van der Waals surface area contributed by atoms with Crippen molar-refractivity contribution in [1.82, 2.24) is 4.90 Å². The first-order valence-electron chi connectivity index (χ1n) is 11.1. The molecule has 0 aliphatic carbocycles. The minimum Gasteiger partial charge on any atom is -0.465 e. The van der Waals surface area contributed by atoms with E-state index >= 15 is 0 Å². The molecule has 0 radical (unpaired) electrons. The largest absolute Gasteiger partial charge is 0.465 e. The maximum absolute atomic E-state index is 12.1. The van der Waals surface area contributed by atoms with Crippen LogP contribution in [-0.4, -0.2) is 41.3 Å². The van der Waals surface area contributed by atoms with Gasteiger partial charge in [-0.05, 0) is 54.2 Å². The Bertz CT molecular complexity index is 1060. The highest BCUT2D eigenvalue weighted by Gasteiger charge is 2.41. The van der Waals surface area contributed by atoms with Crippen LogP contribution in [0.25, 0.3) is 0 Å². The number of ether oxygens (including phenoxy) is 1. The Labute approximate surface area is 200 Å². The van der Waals surface area contributed by atoms with Crippen LogP contribution < -0.4 is 5.32 Å². The molecule has 4 rings (SSSR count). The fraction of sp³-hybridized carbons (Fsp3) is 0.259. The third kappa shape index (κ3) is 4.77. The van der Waals surface area contributed by atoms with Crippen LogP contribution >= 0.6 is 12.2 Å². The molecule has 6 heteroatoms. The number of hydrogen-bond donors (Lipinski definition) is 2. The summed E-state index contributed by atoms with van der Waals surface area (Å²) < 4.78 is 4.88. The Hall–Kier alpha value is -3.22. The van der Waals surface area contributed by atoms with Crippen molar-refractivity contribution in [2.45, 2.75) is 18.4 Å². The molecule has 1 fully saturated rings.